The molecule has 0 aliphatic carbocycles. The number of urea groups is 1. The quantitative estimate of drug-likeness (QED) is 0.608. The van der Waals surface area contributed by atoms with Crippen LogP contribution in [0.25, 0.3) is 0 Å². The van der Waals surface area contributed by atoms with Gasteiger partial charge in [0, 0.05) is 7.05 Å². The number of amides is 2. The number of likely N-dealkylation sites (N-methyl/N-ethyl adjacent to an activating group) is 1. The molecule has 0 saturated carbocycles. The number of nitrogens with zero attached hydrogens (tertiary/aromatic N) is 1. The first kappa shape index (κ1) is 8.87. The molecule has 2 rings (SSSR count). The minimum absolute atomic E-state index is 0.128. The molecular formula is C8H13N3OS. The highest BCUT2D eigenvalue weighted by Gasteiger charge is 2.48. The van der Waals surface area contributed by atoms with Gasteiger partial charge in [-0.15, -0.1) is 0 Å². The van der Waals surface area contributed by atoms with Crippen molar-refractivity contribution in [2.45, 2.75) is 18.4 Å². The lowest BCUT2D eigenvalue weighted by Gasteiger charge is -2.37. The highest BCUT2D eigenvalue weighted by molar-refractivity contribution is 7.99. The fraction of sp³-hybridized carbons (Fsp3) is 0.750. The van der Waals surface area contributed by atoms with Gasteiger partial charge >= 0.3 is 6.03 Å². The summed E-state index contributed by atoms with van der Waals surface area (Å²) in [4.78, 5) is 13.0. The first-order valence-electron chi connectivity index (χ1n) is 4.38. The van der Waals surface area contributed by atoms with Crippen LogP contribution in [0.5, 0.6) is 0 Å². The maximum Gasteiger partial charge on any atom is 0.323 e. The summed E-state index contributed by atoms with van der Waals surface area (Å²) in [6.45, 7) is 0. The highest BCUT2D eigenvalue weighted by atomic mass is 32.2. The van der Waals surface area contributed by atoms with E-state index in [2.05, 4.69) is 5.32 Å². The average molecular weight is 199 g/mol. The van der Waals surface area contributed by atoms with E-state index >= 15 is 0 Å². The number of carbonyl (C=O) groups excluding carboxylic acids is 1. The van der Waals surface area contributed by atoms with Gasteiger partial charge in [0.1, 0.15) is 11.4 Å². The lowest BCUT2D eigenvalue weighted by Crippen LogP contribution is -2.50. The van der Waals surface area contributed by atoms with Gasteiger partial charge in [-0.05, 0) is 24.3 Å². The van der Waals surface area contributed by atoms with E-state index in [-0.39, 0.29) is 11.6 Å². The minimum Gasteiger partial charge on any atom is -0.315 e. The summed E-state index contributed by atoms with van der Waals surface area (Å²) in [5, 5.41) is 10.4. The molecular weight excluding hydrogens is 186 g/mol. The van der Waals surface area contributed by atoms with Crippen molar-refractivity contribution in [3.05, 3.63) is 0 Å². The Hall–Kier alpha value is -0.710. The topological polar surface area (TPSA) is 56.2 Å². The number of amidine groups is 1. The van der Waals surface area contributed by atoms with Crippen LogP contribution in [0.1, 0.15) is 12.8 Å². The molecule has 5 heteroatoms. The van der Waals surface area contributed by atoms with E-state index in [9.17, 15) is 4.79 Å². The summed E-state index contributed by atoms with van der Waals surface area (Å²) >= 11 is 1.90. The lowest BCUT2D eigenvalue weighted by atomic mass is 9.91. The molecule has 2 saturated heterocycles. The number of hydrogen-bond donors (Lipinski definition) is 2. The number of rotatable bonds is 0. The molecule has 2 amide bonds. The third-order valence-corrected chi connectivity index (χ3v) is 3.95. The van der Waals surface area contributed by atoms with Crippen LogP contribution in [0.4, 0.5) is 4.79 Å². The Morgan fingerprint density at radius 2 is 2.15 bits per heavy atom. The van der Waals surface area contributed by atoms with Gasteiger partial charge in [0.25, 0.3) is 0 Å². The number of thioether (sulfide) groups is 1. The summed E-state index contributed by atoms with van der Waals surface area (Å²) in [6.07, 6.45) is 1.82. The van der Waals surface area contributed by atoms with E-state index in [0.717, 1.165) is 24.3 Å². The van der Waals surface area contributed by atoms with Crippen LogP contribution < -0.4 is 5.32 Å². The lowest BCUT2D eigenvalue weighted by molar-refractivity contribution is 0.187. The Balaban J connectivity index is 2.28. The Morgan fingerprint density at radius 1 is 1.54 bits per heavy atom. The Bertz CT molecular complexity index is 260. The van der Waals surface area contributed by atoms with Crippen molar-refractivity contribution in [3.8, 4) is 0 Å². The molecule has 4 nitrogen and oxygen atoms in total. The van der Waals surface area contributed by atoms with Crippen LogP contribution >= 0.6 is 11.8 Å². The zero-order valence-corrected chi connectivity index (χ0v) is 8.41. The second-order valence-electron chi connectivity index (χ2n) is 3.51. The Kier molecular flexibility index (Phi) is 1.98. The SMILES string of the molecule is CN1C(=O)NC(=N)C12CCSCC2. The van der Waals surface area contributed by atoms with Gasteiger partial charge in [-0.25, -0.2) is 4.79 Å². The van der Waals surface area contributed by atoms with Crippen molar-refractivity contribution in [1.29, 1.82) is 5.41 Å². The fourth-order valence-corrected chi connectivity index (χ4v) is 3.13. The van der Waals surface area contributed by atoms with Crippen LogP contribution in [-0.2, 0) is 0 Å². The van der Waals surface area contributed by atoms with Gasteiger partial charge in [-0.3, -0.25) is 10.7 Å². The van der Waals surface area contributed by atoms with Gasteiger partial charge in [0.2, 0.25) is 0 Å². The van der Waals surface area contributed by atoms with Crippen LogP contribution in [0.15, 0.2) is 0 Å². The average Bonchev–Trinajstić information content (AvgIpc) is 2.34. The number of nitrogens with one attached hydrogen (secondary N) is 2. The monoisotopic (exact) mass is 199 g/mol. The summed E-state index contributed by atoms with van der Waals surface area (Å²) in [6, 6.07) is -0.128. The first-order valence-corrected chi connectivity index (χ1v) is 5.54. The van der Waals surface area contributed by atoms with Crippen LogP contribution in [0.3, 0.4) is 0 Å². The molecule has 2 heterocycles. The zero-order valence-electron chi connectivity index (χ0n) is 7.59. The first-order chi connectivity index (χ1) is 6.17. The third-order valence-electron chi connectivity index (χ3n) is 2.96. The maximum atomic E-state index is 11.3. The molecule has 2 N–H and O–H groups in total. The summed E-state index contributed by atoms with van der Waals surface area (Å²) in [7, 11) is 1.78. The van der Waals surface area contributed by atoms with Gasteiger partial charge in [0.05, 0.1) is 0 Å². The van der Waals surface area contributed by atoms with Gasteiger partial charge in [0.15, 0.2) is 0 Å². The number of carbonyl (C=O) groups is 1. The summed E-state index contributed by atoms with van der Waals surface area (Å²) < 4.78 is 0. The summed E-state index contributed by atoms with van der Waals surface area (Å²) in [5.41, 5.74) is -0.303. The largest absolute Gasteiger partial charge is 0.323 e. The Morgan fingerprint density at radius 3 is 2.62 bits per heavy atom. The van der Waals surface area contributed by atoms with Gasteiger partial charge < -0.3 is 4.90 Å². The van der Waals surface area contributed by atoms with Gasteiger partial charge in [-0.2, -0.15) is 11.8 Å². The van der Waals surface area contributed by atoms with Crippen molar-refractivity contribution in [2.75, 3.05) is 18.6 Å². The second kappa shape index (κ2) is 2.90. The molecule has 0 aromatic carbocycles. The minimum atomic E-state index is -0.303. The third kappa shape index (κ3) is 1.14. The van der Waals surface area contributed by atoms with Crippen molar-refractivity contribution in [1.82, 2.24) is 10.2 Å². The van der Waals surface area contributed by atoms with E-state index in [1.165, 1.54) is 0 Å². The molecule has 2 fully saturated rings. The maximum absolute atomic E-state index is 11.3. The fourth-order valence-electron chi connectivity index (χ4n) is 1.96. The van der Waals surface area contributed by atoms with Crippen molar-refractivity contribution in [3.63, 3.8) is 0 Å². The van der Waals surface area contributed by atoms with E-state index in [4.69, 9.17) is 5.41 Å². The number of hydrogen-bond acceptors (Lipinski definition) is 3. The van der Waals surface area contributed by atoms with Crippen molar-refractivity contribution >= 4 is 23.6 Å². The van der Waals surface area contributed by atoms with E-state index < -0.39 is 0 Å². The molecule has 0 aromatic heterocycles. The van der Waals surface area contributed by atoms with Crippen molar-refractivity contribution < 1.29 is 4.79 Å². The Labute approximate surface area is 81.6 Å². The highest BCUT2D eigenvalue weighted by Crippen LogP contribution is 2.34. The van der Waals surface area contributed by atoms with Crippen molar-refractivity contribution in [2.24, 2.45) is 0 Å². The molecule has 0 aromatic rings. The molecule has 2 aliphatic rings. The van der Waals surface area contributed by atoms with E-state index in [1.807, 2.05) is 11.8 Å². The smallest absolute Gasteiger partial charge is 0.315 e. The molecule has 0 bridgehead atoms. The molecule has 0 unspecified atom stereocenters. The molecule has 2 aliphatic heterocycles. The second-order valence-corrected chi connectivity index (χ2v) is 4.73. The van der Waals surface area contributed by atoms with Gasteiger partial charge in [-0.1, -0.05) is 0 Å². The normalized spacial score (nSPS) is 26.7. The molecule has 13 heavy (non-hydrogen) atoms. The molecule has 1 spiro atoms. The predicted molar refractivity (Wildman–Crippen MR) is 53.3 cm³/mol. The summed E-state index contributed by atoms with van der Waals surface area (Å²) in [5.74, 6) is 2.48. The molecule has 72 valence electrons. The predicted octanol–water partition coefficient (Wildman–Crippen LogP) is 0.884. The molecule has 0 atom stereocenters. The van der Waals surface area contributed by atoms with Crippen LogP contribution in [0.2, 0.25) is 0 Å². The van der Waals surface area contributed by atoms with E-state index in [1.54, 1.807) is 11.9 Å². The zero-order chi connectivity index (χ0) is 9.47. The van der Waals surface area contributed by atoms with Crippen LogP contribution in [-0.4, -0.2) is 40.9 Å². The van der Waals surface area contributed by atoms with E-state index in [0.29, 0.717) is 5.84 Å². The standard InChI is InChI=1S/C8H13N3OS/c1-11-7(12)10-6(9)8(11)2-4-13-5-3-8/h2-5H2,1H3,(H2,9,10,12). The molecule has 0 radical (unpaired) electrons. The van der Waals surface area contributed by atoms with Crippen LogP contribution in [0, 0.1) is 5.41 Å².